The van der Waals surface area contributed by atoms with E-state index >= 15 is 0 Å². The summed E-state index contributed by atoms with van der Waals surface area (Å²) in [6, 6.07) is 10.7. The first kappa shape index (κ1) is 20.0. The maximum absolute atomic E-state index is 12.3. The number of ether oxygens (including phenoxy) is 1. The Balaban J connectivity index is 1.39. The number of aromatic nitrogens is 1. The summed E-state index contributed by atoms with van der Waals surface area (Å²) >= 11 is 6.08. The number of hydrogen-bond donors (Lipinski definition) is 2. The number of aryl methyl sites for hydroxylation is 2. The molecule has 1 amide bonds. The summed E-state index contributed by atoms with van der Waals surface area (Å²) in [6.07, 6.45) is 2.60. The van der Waals surface area contributed by atoms with Gasteiger partial charge in [0.2, 0.25) is 0 Å². The molecule has 0 aliphatic carbocycles. The Bertz CT molecular complexity index is 1310. The average molecular weight is 425 g/mol. The molecule has 2 aromatic heterocycles. The third-order valence-electron chi connectivity index (χ3n) is 4.95. The number of H-pyrrole nitrogens is 1. The van der Waals surface area contributed by atoms with E-state index in [1.807, 2.05) is 44.3 Å². The lowest BCUT2D eigenvalue weighted by molar-refractivity contribution is -0.123. The normalized spacial score (nSPS) is 11.2. The number of carbonyl (C=O) groups is 1. The van der Waals surface area contributed by atoms with Crippen molar-refractivity contribution in [2.45, 2.75) is 20.3 Å². The topological polar surface area (TPSA) is 84.3 Å². The van der Waals surface area contributed by atoms with Crippen LogP contribution in [0.2, 0.25) is 5.02 Å². The van der Waals surface area contributed by atoms with Crippen LogP contribution < -0.4 is 15.7 Å². The summed E-state index contributed by atoms with van der Waals surface area (Å²) in [5.74, 6) is 0.297. The van der Waals surface area contributed by atoms with Crippen molar-refractivity contribution in [3.8, 4) is 5.75 Å². The molecule has 6 nitrogen and oxygen atoms in total. The quantitative estimate of drug-likeness (QED) is 0.452. The average Bonchev–Trinajstić information content (AvgIpc) is 3.07. The van der Waals surface area contributed by atoms with Crippen LogP contribution in [0, 0.1) is 13.8 Å². The highest BCUT2D eigenvalue weighted by Gasteiger charge is 2.12. The van der Waals surface area contributed by atoms with Crippen molar-refractivity contribution in [1.82, 2.24) is 10.3 Å². The van der Waals surface area contributed by atoms with E-state index in [2.05, 4.69) is 10.3 Å². The minimum Gasteiger partial charge on any atom is -0.483 e. The third-order valence-corrected chi connectivity index (χ3v) is 5.19. The molecule has 154 valence electrons. The first-order valence-electron chi connectivity index (χ1n) is 9.61. The number of halogens is 1. The number of aromatic amines is 1. The van der Waals surface area contributed by atoms with Crippen molar-refractivity contribution >= 4 is 39.4 Å². The molecule has 30 heavy (non-hydrogen) atoms. The molecule has 2 heterocycles. The summed E-state index contributed by atoms with van der Waals surface area (Å²) in [7, 11) is 0. The van der Waals surface area contributed by atoms with E-state index in [9.17, 15) is 9.59 Å². The summed E-state index contributed by atoms with van der Waals surface area (Å²) in [5.41, 5.74) is 3.77. The van der Waals surface area contributed by atoms with Crippen molar-refractivity contribution in [2.75, 3.05) is 13.2 Å². The fraction of sp³-hybridized carbons (Fsp3) is 0.217. The van der Waals surface area contributed by atoms with Gasteiger partial charge in [0.25, 0.3) is 5.91 Å². The van der Waals surface area contributed by atoms with E-state index in [4.69, 9.17) is 20.8 Å². The first-order valence-corrected chi connectivity index (χ1v) is 9.98. The van der Waals surface area contributed by atoms with E-state index in [0.717, 1.165) is 27.6 Å². The maximum Gasteiger partial charge on any atom is 0.336 e. The zero-order valence-electron chi connectivity index (χ0n) is 16.7. The first-order chi connectivity index (χ1) is 14.4. The van der Waals surface area contributed by atoms with Crippen molar-refractivity contribution in [3.63, 3.8) is 0 Å². The molecule has 0 radical (unpaired) electrons. The third kappa shape index (κ3) is 4.19. The lowest BCUT2D eigenvalue weighted by Gasteiger charge is -2.12. The van der Waals surface area contributed by atoms with Gasteiger partial charge in [-0.15, -0.1) is 0 Å². The Labute approximate surface area is 177 Å². The van der Waals surface area contributed by atoms with Gasteiger partial charge in [0, 0.05) is 34.7 Å². The van der Waals surface area contributed by atoms with E-state index in [1.54, 1.807) is 6.07 Å². The molecule has 0 saturated heterocycles. The van der Waals surface area contributed by atoms with Gasteiger partial charge in [-0.25, -0.2) is 4.79 Å². The van der Waals surface area contributed by atoms with Gasteiger partial charge in [-0.1, -0.05) is 11.6 Å². The number of carbonyl (C=O) groups excluding carboxylic acids is 1. The lowest BCUT2D eigenvalue weighted by Crippen LogP contribution is -2.30. The lowest BCUT2D eigenvalue weighted by atomic mass is 10.1. The molecule has 0 spiro atoms. The summed E-state index contributed by atoms with van der Waals surface area (Å²) in [6.45, 7) is 4.04. The van der Waals surface area contributed by atoms with E-state index in [1.165, 1.54) is 6.07 Å². The highest BCUT2D eigenvalue weighted by atomic mass is 35.5. The van der Waals surface area contributed by atoms with Crippen LogP contribution in [0.1, 0.15) is 16.7 Å². The second-order valence-corrected chi connectivity index (χ2v) is 7.71. The molecule has 0 aliphatic heterocycles. The van der Waals surface area contributed by atoms with Crippen molar-refractivity contribution in [2.24, 2.45) is 0 Å². The molecule has 4 rings (SSSR count). The standard InChI is InChI=1S/C23H21ClN2O4/c1-13-7-19(23-14(2)9-22(28)30-20(23)8-13)29-12-21(27)25-6-5-15-11-26-18-4-3-16(24)10-17(15)18/h3-4,7-11,26H,5-6,12H2,1-2H3,(H,25,27). The number of amides is 1. The van der Waals surface area contributed by atoms with Crippen molar-refractivity contribution in [3.05, 3.63) is 74.7 Å². The molecular weight excluding hydrogens is 404 g/mol. The molecule has 0 atom stereocenters. The van der Waals surface area contributed by atoms with Crippen LogP contribution in [-0.2, 0) is 11.2 Å². The molecule has 0 saturated carbocycles. The van der Waals surface area contributed by atoms with E-state index in [-0.39, 0.29) is 12.5 Å². The predicted octanol–water partition coefficient (Wildman–Crippen LogP) is 4.28. The Morgan fingerprint density at radius 1 is 1.20 bits per heavy atom. The van der Waals surface area contributed by atoms with Crippen molar-refractivity contribution < 1.29 is 13.9 Å². The van der Waals surface area contributed by atoms with Gasteiger partial charge >= 0.3 is 5.63 Å². The Morgan fingerprint density at radius 2 is 2.03 bits per heavy atom. The van der Waals surface area contributed by atoms with Gasteiger partial charge in [-0.3, -0.25) is 4.79 Å². The summed E-state index contributed by atoms with van der Waals surface area (Å²) in [5, 5.41) is 5.30. The van der Waals surface area contributed by atoms with Gasteiger partial charge in [0.05, 0.1) is 5.39 Å². The second-order valence-electron chi connectivity index (χ2n) is 7.28. The number of hydrogen-bond acceptors (Lipinski definition) is 4. The molecule has 4 aromatic rings. The zero-order chi connectivity index (χ0) is 21.3. The van der Waals surface area contributed by atoms with Gasteiger partial charge in [0.1, 0.15) is 11.3 Å². The van der Waals surface area contributed by atoms with Crippen LogP contribution in [0.4, 0.5) is 0 Å². The van der Waals surface area contributed by atoms with Crippen molar-refractivity contribution in [1.29, 1.82) is 0 Å². The van der Waals surface area contributed by atoms with Crippen LogP contribution in [-0.4, -0.2) is 24.0 Å². The molecular formula is C23H21ClN2O4. The van der Waals surface area contributed by atoms with E-state index < -0.39 is 5.63 Å². The molecule has 0 fully saturated rings. The van der Waals surface area contributed by atoms with E-state index in [0.29, 0.717) is 34.7 Å². The Hall–Kier alpha value is -3.25. The summed E-state index contributed by atoms with van der Waals surface area (Å²) < 4.78 is 11.0. The van der Waals surface area contributed by atoms with Gasteiger partial charge in [0.15, 0.2) is 6.61 Å². The molecule has 7 heteroatoms. The van der Waals surface area contributed by atoms with Crippen LogP contribution in [0.25, 0.3) is 21.9 Å². The SMILES string of the molecule is Cc1cc(OCC(=O)NCCc2c[nH]c3ccc(Cl)cc23)c2c(C)cc(=O)oc2c1. The van der Waals surface area contributed by atoms with Gasteiger partial charge < -0.3 is 19.5 Å². The Morgan fingerprint density at radius 3 is 2.87 bits per heavy atom. The minimum absolute atomic E-state index is 0.128. The predicted molar refractivity (Wildman–Crippen MR) is 117 cm³/mol. The molecule has 0 bridgehead atoms. The zero-order valence-corrected chi connectivity index (χ0v) is 17.4. The summed E-state index contributed by atoms with van der Waals surface area (Å²) in [4.78, 5) is 27.1. The van der Waals surface area contributed by atoms with Crippen LogP contribution >= 0.6 is 11.6 Å². The monoisotopic (exact) mass is 424 g/mol. The van der Waals surface area contributed by atoms with Crippen LogP contribution in [0.15, 0.2) is 51.8 Å². The molecule has 2 N–H and O–H groups in total. The minimum atomic E-state index is -0.409. The largest absolute Gasteiger partial charge is 0.483 e. The highest BCUT2D eigenvalue weighted by Crippen LogP contribution is 2.29. The molecule has 0 aliphatic rings. The molecule has 2 aromatic carbocycles. The van der Waals surface area contributed by atoms with Gasteiger partial charge in [-0.05, 0) is 67.3 Å². The number of nitrogens with one attached hydrogen (secondary N) is 2. The maximum atomic E-state index is 12.3. The molecule has 0 unspecified atom stereocenters. The highest BCUT2D eigenvalue weighted by molar-refractivity contribution is 6.31. The number of rotatable bonds is 6. The number of fused-ring (bicyclic) bond motifs is 2. The smallest absolute Gasteiger partial charge is 0.336 e. The van der Waals surface area contributed by atoms with Crippen LogP contribution in [0.5, 0.6) is 5.75 Å². The number of benzene rings is 2. The fourth-order valence-corrected chi connectivity index (χ4v) is 3.75. The van der Waals surface area contributed by atoms with Gasteiger partial charge in [-0.2, -0.15) is 0 Å². The van der Waals surface area contributed by atoms with Crippen LogP contribution in [0.3, 0.4) is 0 Å². The fourth-order valence-electron chi connectivity index (χ4n) is 3.58. The Kier molecular flexibility index (Phi) is 5.50. The second kappa shape index (κ2) is 8.24.